The molecule has 2 aliphatic rings. The van der Waals surface area contributed by atoms with Gasteiger partial charge in [0.25, 0.3) is 0 Å². The van der Waals surface area contributed by atoms with E-state index < -0.39 is 0 Å². The second-order valence-corrected chi connectivity index (χ2v) is 7.23. The van der Waals surface area contributed by atoms with Crippen LogP contribution in [-0.2, 0) is 4.74 Å². The highest BCUT2D eigenvalue weighted by Gasteiger charge is 2.46. The van der Waals surface area contributed by atoms with Gasteiger partial charge in [0.2, 0.25) is 0 Å². The Kier molecular flexibility index (Phi) is 4.40. The molecule has 2 saturated heterocycles. The maximum atomic E-state index is 5.52. The number of morpholine rings is 1. The van der Waals surface area contributed by atoms with Crippen molar-refractivity contribution in [2.45, 2.75) is 18.5 Å². The molecule has 0 bridgehead atoms. The Hall–Kier alpha value is -1.68. The van der Waals surface area contributed by atoms with Crippen LogP contribution in [0.1, 0.15) is 24.1 Å². The molecule has 2 aromatic rings. The van der Waals surface area contributed by atoms with Gasteiger partial charge in [0.1, 0.15) is 0 Å². The molecule has 24 heavy (non-hydrogen) atoms. The van der Waals surface area contributed by atoms with Crippen LogP contribution in [0.15, 0.2) is 60.7 Å². The second-order valence-electron chi connectivity index (χ2n) is 7.23. The topological polar surface area (TPSA) is 15.7 Å². The van der Waals surface area contributed by atoms with E-state index in [1.54, 1.807) is 0 Å². The Labute approximate surface area is 144 Å². The fraction of sp³-hybridized carbons (Fsp3) is 0.429. The summed E-state index contributed by atoms with van der Waals surface area (Å²) in [7, 11) is 0. The van der Waals surface area contributed by atoms with Gasteiger partial charge in [-0.05, 0) is 18.1 Å². The minimum absolute atomic E-state index is 0.283. The Balaban J connectivity index is 1.55. The molecular weight excluding hydrogens is 296 g/mol. The summed E-state index contributed by atoms with van der Waals surface area (Å²) in [6.45, 7) is 8.49. The number of benzene rings is 2. The van der Waals surface area contributed by atoms with Crippen LogP contribution in [0.2, 0.25) is 0 Å². The van der Waals surface area contributed by atoms with Gasteiger partial charge in [0.05, 0.1) is 19.3 Å². The van der Waals surface area contributed by atoms with Gasteiger partial charge in [-0.15, -0.1) is 0 Å². The number of ether oxygens (including phenoxy) is 1. The zero-order chi connectivity index (χ0) is 16.4. The fourth-order valence-electron chi connectivity index (χ4n) is 4.20. The fourth-order valence-corrected chi connectivity index (χ4v) is 4.20. The zero-order valence-corrected chi connectivity index (χ0v) is 14.4. The third kappa shape index (κ3) is 3.00. The van der Waals surface area contributed by atoms with Crippen LogP contribution in [0, 0.1) is 0 Å². The van der Waals surface area contributed by atoms with Crippen molar-refractivity contribution in [3.05, 3.63) is 71.8 Å². The predicted molar refractivity (Wildman–Crippen MR) is 97.1 cm³/mol. The molecular formula is C21H26N2O. The SMILES string of the molecule is CC1(N2CCOCC2)CN(C(c2ccccc2)c2ccccc2)C1. The molecule has 0 radical (unpaired) electrons. The normalized spacial score (nSPS) is 21.6. The highest BCUT2D eigenvalue weighted by Crippen LogP contribution is 2.38. The van der Waals surface area contributed by atoms with Crippen LogP contribution in [-0.4, -0.2) is 54.7 Å². The van der Waals surface area contributed by atoms with Gasteiger partial charge in [-0.1, -0.05) is 60.7 Å². The third-order valence-corrected chi connectivity index (χ3v) is 5.46. The molecule has 4 rings (SSSR count). The highest BCUT2D eigenvalue weighted by molar-refractivity contribution is 5.33. The van der Waals surface area contributed by atoms with Crippen LogP contribution in [0.5, 0.6) is 0 Å². The molecule has 2 heterocycles. The maximum absolute atomic E-state index is 5.52. The van der Waals surface area contributed by atoms with Gasteiger partial charge < -0.3 is 4.74 Å². The Bertz CT molecular complexity index is 607. The molecule has 0 atom stereocenters. The summed E-state index contributed by atoms with van der Waals surface area (Å²) in [4.78, 5) is 5.22. The summed E-state index contributed by atoms with van der Waals surface area (Å²) >= 11 is 0. The van der Waals surface area contributed by atoms with Crippen molar-refractivity contribution >= 4 is 0 Å². The van der Waals surface area contributed by atoms with Crippen LogP contribution in [0.3, 0.4) is 0 Å². The number of likely N-dealkylation sites (tertiary alicyclic amines) is 1. The molecule has 0 spiro atoms. The summed E-state index contributed by atoms with van der Waals surface area (Å²) in [6, 6.07) is 22.1. The monoisotopic (exact) mass is 322 g/mol. The Morgan fingerprint density at radius 2 is 1.33 bits per heavy atom. The lowest BCUT2D eigenvalue weighted by Gasteiger charge is -2.57. The average Bonchev–Trinajstić information content (AvgIpc) is 2.63. The van der Waals surface area contributed by atoms with E-state index in [-0.39, 0.29) is 5.54 Å². The molecule has 3 heteroatoms. The molecule has 0 amide bonds. The van der Waals surface area contributed by atoms with Crippen molar-refractivity contribution < 1.29 is 4.74 Å². The van der Waals surface area contributed by atoms with Gasteiger partial charge in [-0.2, -0.15) is 0 Å². The Morgan fingerprint density at radius 3 is 1.83 bits per heavy atom. The molecule has 126 valence electrons. The molecule has 0 unspecified atom stereocenters. The van der Waals surface area contributed by atoms with E-state index in [1.165, 1.54) is 11.1 Å². The molecule has 0 saturated carbocycles. The van der Waals surface area contributed by atoms with E-state index in [1.807, 2.05) is 0 Å². The van der Waals surface area contributed by atoms with E-state index in [0.29, 0.717) is 6.04 Å². The Morgan fingerprint density at radius 1 is 0.833 bits per heavy atom. The van der Waals surface area contributed by atoms with Gasteiger partial charge in [0, 0.05) is 31.7 Å². The van der Waals surface area contributed by atoms with Crippen molar-refractivity contribution in [1.29, 1.82) is 0 Å². The first-order valence-electron chi connectivity index (χ1n) is 8.93. The predicted octanol–water partition coefficient (Wildman–Crippen LogP) is 3.18. The van der Waals surface area contributed by atoms with E-state index in [9.17, 15) is 0 Å². The van der Waals surface area contributed by atoms with E-state index in [0.717, 1.165) is 39.4 Å². The minimum Gasteiger partial charge on any atom is -0.379 e. The number of hydrogen-bond acceptors (Lipinski definition) is 3. The molecule has 3 nitrogen and oxygen atoms in total. The summed E-state index contributed by atoms with van der Waals surface area (Å²) in [6.07, 6.45) is 0. The summed E-state index contributed by atoms with van der Waals surface area (Å²) in [5.74, 6) is 0. The minimum atomic E-state index is 0.283. The molecule has 2 aromatic carbocycles. The number of nitrogens with zero attached hydrogens (tertiary/aromatic N) is 2. The summed E-state index contributed by atoms with van der Waals surface area (Å²) in [5, 5.41) is 0. The van der Waals surface area contributed by atoms with Crippen LogP contribution < -0.4 is 0 Å². The van der Waals surface area contributed by atoms with E-state index in [2.05, 4.69) is 77.4 Å². The van der Waals surface area contributed by atoms with Crippen molar-refractivity contribution in [3.8, 4) is 0 Å². The second kappa shape index (κ2) is 6.67. The largest absolute Gasteiger partial charge is 0.379 e. The third-order valence-electron chi connectivity index (χ3n) is 5.46. The molecule has 0 aromatic heterocycles. The molecule has 2 fully saturated rings. The van der Waals surface area contributed by atoms with Crippen molar-refractivity contribution in [2.24, 2.45) is 0 Å². The zero-order valence-electron chi connectivity index (χ0n) is 14.4. The van der Waals surface area contributed by atoms with Crippen molar-refractivity contribution in [3.63, 3.8) is 0 Å². The molecule has 2 aliphatic heterocycles. The number of rotatable bonds is 4. The molecule has 0 aliphatic carbocycles. The lowest BCUT2D eigenvalue weighted by Crippen LogP contribution is -2.70. The lowest BCUT2D eigenvalue weighted by atomic mass is 9.84. The van der Waals surface area contributed by atoms with E-state index >= 15 is 0 Å². The van der Waals surface area contributed by atoms with Crippen LogP contribution >= 0.6 is 0 Å². The quantitative estimate of drug-likeness (QED) is 0.860. The lowest BCUT2D eigenvalue weighted by molar-refractivity contribution is -0.0946. The van der Waals surface area contributed by atoms with Gasteiger partial charge >= 0.3 is 0 Å². The first-order chi connectivity index (χ1) is 11.8. The molecule has 0 N–H and O–H groups in total. The van der Waals surface area contributed by atoms with Gasteiger partial charge in [-0.25, -0.2) is 0 Å². The highest BCUT2D eigenvalue weighted by atomic mass is 16.5. The van der Waals surface area contributed by atoms with Crippen LogP contribution in [0.4, 0.5) is 0 Å². The smallest absolute Gasteiger partial charge is 0.0603 e. The van der Waals surface area contributed by atoms with Gasteiger partial charge in [0.15, 0.2) is 0 Å². The average molecular weight is 322 g/mol. The first kappa shape index (κ1) is 15.8. The summed E-state index contributed by atoms with van der Waals surface area (Å²) < 4.78 is 5.52. The van der Waals surface area contributed by atoms with E-state index in [4.69, 9.17) is 4.74 Å². The van der Waals surface area contributed by atoms with Crippen molar-refractivity contribution in [1.82, 2.24) is 9.80 Å². The maximum Gasteiger partial charge on any atom is 0.0603 e. The first-order valence-corrected chi connectivity index (χ1v) is 8.93. The van der Waals surface area contributed by atoms with Crippen molar-refractivity contribution in [2.75, 3.05) is 39.4 Å². The standard InChI is InChI=1S/C21H26N2O/c1-21(23-12-14-24-15-13-23)16-22(17-21)20(18-8-4-2-5-9-18)19-10-6-3-7-11-19/h2-11,20H,12-17H2,1H3. The summed E-state index contributed by atoms with van der Waals surface area (Å²) in [5.41, 5.74) is 3.05. The number of hydrogen-bond donors (Lipinski definition) is 0. The van der Waals surface area contributed by atoms with Gasteiger partial charge in [-0.3, -0.25) is 9.80 Å². The van der Waals surface area contributed by atoms with Crippen LogP contribution in [0.25, 0.3) is 0 Å².